The van der Waals surface area contributed by atoms with Crippen molar-refractivity contribution in [2.75, 3.05) is 6.54 Å². The number of hydrogen-bond acceptors (Lipinski definition) is 4. The van der Waals surface area contributed by atoms with Crippen LogP contribution < -0.4 is 11.1 Å². The molecule has 2 aliphatic rings. The van der Waals surface area contributed by atoms with Crippen LogP contribution in [0, 0.1) is 23.2 Å². The smallest absolute Gasteiger partial charge is 0.287 e. The van der Waals surface area contributed by atoms with Crippen molar-refractivity contribution < 1.29 is 19.2 Å². The molecule has 2 unspecified atom stereocenters. The van der Waals surface area contributed by atoms with E-state index in [0.717, 1.165) is 19.3 Å². The van der Waals surface area contributed by atoms with Gasteiger partial charge in [-0.25, -0.2) is 0 Å². The fraction of sp³-hybridized carbons (Fsp3) is 0.810. The Hall–Kier alpha value is -1.92. The summed E-state index contributed by atoms with van der Waals surface area (Å²) in [4.78, 5) is 51.3. The zero-order chi connectivity index (χ0) is 21.2. The maximum absolute atomic E-state index is 13.2. The molecule has 1 saturated heterocycles. The number of ketones is 1. The van der Waals surface area contributed by atoms with Crippen LogP contribution >= 0.6 is 0 Å². The maximum Gasteiger partial charge on any atom is 0.287 e. The number of rotatable bonds is 8. The third-order valence-electron chi connectivity index (χ3n) is 5.71. The third kappa shape index (κ3) is 5.79. The summed E-state index contributed by atoms with van der Waals surface area (Å²) in [5.41, 5.74) is 5.00. The SMILES string of the molecule is CC(C)C1CCN(C(=O)CC(C)(C)C)[C@@H]1C(=O)NC(CC1CC1)C(=O)C(N)=O. The number of nitrogens with one attached hydrogen (secondary N) is 1. The number of carbonyl (C=O) groups is 4. The van der Waals surface area contributed by atoms with Crippen molar-refractivity contribution in [1.29, 1.82) is 0 Å². The topological polar surface area (TPSA) is 110 Å². The van der Waals surface area contributed by atoms with E-state index in [9.17, 15) is 19.2 Å². The van der Waals surface area contributed by atoms with Crippen molar-refractivity contribution in [3.8, 4) is 0 Å². The number of amides is 3. The molecule has 0 radical (unpaired) electrons. The highest BCUT2D eigenvalue weighted by Crippen LogP contribution is 2.35. The summed E-state index contributed by atoms with van der Waals surface area (Å²) < 4.78 is 0. The van der Waals surface area contributed by atoms with E-state index in [4.69, 9.17) is 5.73 Å². The second kappa shape index (κ2) is 8.62. The highest BCUT2D eigenvalue weighted by Gasteiger charge is 2.44. The van der Waals surface area contributed by atoms with E-state index in [1.165, 1.54) is 0 Å². The van der Waals surface area contributed by atoms with Gasteiger partial charge in [-0.2, -0.15) is 0 Å². The van der Waals surface area contributed by atoms with Crippen LogP contribution in [0.25, 0.3) is 0 Å². The van der Waals surface area contributed by atoms with Crippen LogP contribution in [0.15, 0.2) is 0 Å². The molecule has 1 heterocycles. The molecule has 0 aromatic carbocycles. The van der Waals surface area contributed by atoms with E-state index in [1.807, 2.05) is 34.6 Å². The lowest BCUT2D eigenvalue weighted by molar-refractivity contribution is -0.143. The van der Waals surface area contributed by atoms with Crippen molar-refractivity contribution in [1.82, 2.24) is 10.2 Å². The second-order valence-electron chi connectivity index (χ2n) is 9.93. The van der Waals surface area contributed by atoms with Crippen molar-refractivity contribution in [3.05, 3.63) is 0 Å². The van der Waals surface area contributed by atoms with Crippen LogP contribution in [0.5, 0.6) is 0 Å². The molecule has 1 saturated carbocycles. The Morgan fingerprint density at radius 2 is 1.71 bits per heavy atom. The van der Waals surface area contributed by atoms with Gasteiger partial charge in [0.1, 0.15) is 6.04 Å². The molecular weight excluding hydrogens is 358 g/mol. The number of nitrogens with two attached hydrogens (primary N) is 1. The number of nitrogens with zero attached hydrogens (tertiary/aromatic N) is 1. The van der Waals surface area contributed by atoms with Gasteiger partial charge in [-0.1, -0.05) is 47.5 Å². The minimum atomic E-state index is -1.03. The van der Waals surface area contributed by atoms with Gasteiger partial charge in [-0.3, -0.25) is 19.2 Å². The summed E-state index contributed by atoms with van der Waals surface area (Å²) in [5, 5.41) is 2.76. The van der Waals surface area contributed by atoms with E-state index in [-0.39, 0.29) is 29.1 Å². The second-order valence-corrected chi connectivity index (χ2v) is 9.93. The Labute approximate surface area is 167 Å². The molecule has 7 nitrogen and oxygen atoms in total. The highest BCUT2D eigenvalue weighted by molar-refractivity contribution is 6.37. The molecular formula is C21H35N3O4. The van der Waals surface area contributed by atoms with Gasteiger partial charge in [0.2, 0.25) is 17.6 Å². The maximum atomic E-state index is 13.2. The van der Waals surface area contributed by atoms with Crippen molar-refractivity contribution in [2.45, 2.75) is 78.8 Å². The van der Waals surface area contributed by atoms with E-state index in [2.05, 4.69) is 5.32 Å². The molecule has 2 rings (SSSR count). The zero-order valence-electron chi connectivity index (χ0n) is 17.8. The predicted molar refractivity (Wildman–Crippen MR) is 106 cm³/mol. The monoisotopic (exact) mass is 393 g/mol. The van der Waals surface area contributed by atoms with Gasteiger partial charge in [-0.15, -0.1) is 0 Å². The van der Waals surface area contributed by atoms with Crippen LogP contribution in [-0.2, 0) is 19.2 Å². The fourth-order valence-corrected chi connectivity index (χ4v) is 4.03. The van der Waals surface area contributed by atoms with Crippen LogP contribution in [0.2, 0.25) is 0 Å². The quantitative estimate of drug-likeness (QED) is 0.611. The largest absolute Gasteiger partial charge is 0.363 e. The Kier molecular flexibility index (Phi) is 6.88. The Balaban J connectivity index is 2.19. The normalized spacial score (nSPS) is 23.6. The Bertz CT molecular complexity index is 634. The van der Waals surface area contributed by atoms with Crippen molar-refractivity contribution in [2.24, 2.45) is 28.9 Å². The van der Waals surface area contributed by atoms with Gasteiger partial charge in [-0.05, 0) is 36.0 Å². The summed E-state index contributed by atoms with van der Waals surface area (Å²) in [6.07, 6.45) is 3.53. The lowest BCUT2D eigenvalue weighted by Gasteiger charge is -2.32. The summed E-state index contributed by atoms with van der Waals surface area (Å²) in [7, 11) is 0. The third-order valence-corrected chi connectivity index (χ3v) is 5.71. The van der Waals surface area contributed by atoms with Gasteiger partial charge in [0.15, 0.2) is 0 Å². The molecule has 0 aromatic heterocycles. The summed E-state index contributed by atoms with van der Waals surface area (Å²) >= 11 is 0. The van der Waals surface area contributed by atoms with Crippen LogP contribution in [0.1, 0.15) is 66.7 Å². The lowest BCUT2D eigenvalue weighted by Crippen LogP contribution is -2.55. The molecule has 0 aromatic rings. The molecule has 1 aliphatic heterocycles. The Morgan fingerprint density at radius 3 is 2.18 bits per heavy atom. The number of primary amides is 1. The number of carbonyl (C=O) groups excluding carboxylic acids is 4. The van der Waals surface area contributed by atoms with Crippen LogP contribution in [0.4, 0.5) is 0 Å². The molecule has 3 amide bonds. The molecule has 7 heteroatoms. The Morgan fingerprint density at radius 1 is 1.11 bits per heavy atom. The van der Waals surface area contributed by atoms with E-state index < -0.39 is 23.8 Å². The lowest BCUT2D eigenvalue weighted by atomic mass is 9.87. The van der Waals surface area contributed by atoms with Crippen molar-refractivity contribution in [3.63, 3.8) is 0 Å². The molecule has 0 bridgehead atoms. The van der Waals surface area contributed by atoms with E-state index in [0.29, 0.717) is 25.3 Å². The first-order valence-corrected chi connectivity index (χ1v) is 10.3. The molecule has 28 heavy (non-hydrogen) atoms. The first kappa shape index (κ1) is 22.4. The molecule has 2 fully saturated rings. The molecule has 3 N–H and O–H groups in total. The van der Waals surface area contributed by atoms with Crippen LogP contribution in [-0.4, -0.2) is 47.0 Å². The predicted octanol–water partition coefficient (Wildman–Crippen LogP) is 1.64. The first-order valence-electron chi connectivity index (χ1n) is 10.3. The molecule has 158 valence electrons. The minimum Gasteiger partial charge on any atom is -0.363 e. The van der Waals surface area contributed by atoms with Gasteiger partial charge in [0, 0.05) is 13.0 Å². The van der Waals surface area contributed by atoms with Gasteiger partial charge < -0.3 is 16.0 Å². The van der Waals surface area contributed by atoms with Gasteiger partial charge in [0.25, 0.3) is 5.91 Å². The summed E-state index contributed by atoms with van der Waals surface area (Å²) in [6, 6.07) is -1.51. The number of likely N-dealkylation sites (tertiary alicyclic amines) is 1. The average molecular weight is 394 g/mol. The van der Waals surface area contributed by atoms with E-state index in [1.54, 1.807) is 4.90 Å². The van der Waals surface area contributed by atoms with Crippen molar-refractivity contribution >= 4 is 23.5 Å². The minimum absolute atomic E-state index is 0.0224. The highest BCUT2D eigenvalue weighted by atomic mass is 16.2. The molecule has 3 atom stereocenters. The molecule has 1 aliphatic carbocycles. The van der Waals surface area contributed by atoms with Gasteiger partial charge in [0.05, 0.1) is 6.04 Å². The van der Waals surface area contributed by atoms with Crippen LogP contribution in [0.3, 0.4) is 0 Å². The number of Topliss-reactive ketones (excluding diaryl/α,β-unsaturated/α-hetero) is 1. The first-order chi connectivity index (χ1) is 12.9. The number of hydrogen-bond donors (Lipinski definition) is 2. The van der Waals surface area contributed by atoms with Gasteiger partial charge >= 0.3 is 0 Å². The van der Waals surface area contributed by atoms with E-state index >= 15 is 0 Å². The molecule has 0 spiro atoms. The average Bonchev–Trinajstić information content (AvgIpc) is 3.24. The summed E-state index contributed by atoms with van der Waals surface area (Å²) in [5.74, 6) is -1.59. The standard InChI is InChI=1S/C21H35N3O4/c1-12(2)14-8-9-24(16(25)11-21(3,4)5)17(14)20(28)23-15(10-13-6-7-13)18(26)19(22)27/h12-15,17H,6-11H2,1-5H3,(H2,22,27)(H,23,28)/t14?,15?,17-/m0/s1. The summed E-state index contributed by atoms with van der Waals surface area (Å²) in [6.45, 7) is 10.6. The fourth-order valence-electron chi connectivity index (χ4n) is 4.03. The zero-order valence-corrected chi connectivity index (χ0v) is 17.8.